The zero-order valence-electron chi connectivity index (χ0n) is 15.1. The van der Waals surface area contributed by atoms with E-state index in [1.165, 1.54) is 48.5 Å². The number of hydrogen-bond acceptors (Lipinski definition) is 5. The van der Waals surface area contributed by atoms with Crippen molar-refractivity contribution in [2.24, 2.45) is 0 Å². The molecule has 2 aliphatic rings. The van der Waals surface area contributed by atoms with Crippen molar-refractivity contribution >= 4 is 17.0 Å². The number of aromatic carboxylic acids is 1. The van der Waals surface area contributed by atoms with Crippen LogP contribution in [0.1, 0.15) is 77.8 Å². The molecule has 0 aliphatic heterocycles. The number of carboxylic acid groups (broad SMARTS) is 1. The molecule has 8 nitrogen and oxygen atoms in total. The van der Waals surface area contributed by atoms with E-state index in [9.17, 15) is 4.79 Å². The number of aromatic nitrogens is 6. The number of carbonyl (C=O) groups is 1. The van der Waals surface area contributed by atoms with Crippen LogP contribution in [-0.4, -0.2) is 41.3 Å². The van der Waals surface area contributed by atoms with Gasteiger partial charge in [0, 0.05) is 17.6 Å². The fourth-order valence-corrected chi connectivity index (χ4v) is 3.78. The van der Waals surface area contributed by atoms with Crippen molar-refractivity contribution in [1.82, 2.24) is 30.2 Å². The molecular weight excluding hydrogens is 344 g/mol. The van der Waals surface area contributed by atoms with Crippen molar-refractivity contribution in [2.45, 2.75) is 63.3 Å². The smallest absolute Gasteiger partial charge is 0.358 e. The van der Waals surface area contributed by atoms with Gasteiger partial charge in [0.25, 0.3) is 0 Å². The quantitative estimate of drug-likeness (QED) is 0.593. The van der Waals surface area contributed by atoms with E-state index in [4.69, 9.17) is 5.11 Å². The number of nitrogens with zero attached hydrogens (tertiary/aromatic N) is 5. The first kappa shape index (κ1) is 16.4. The molecule has 0 radical (unpaired) electrons. The molecule has 0 amide bonds. The van der Waals surface area contributed by atoms with Crippen molar-refractivity contribution in [3.8, 4) is 0 Å². The number of rotatable bonds is 8. The Morgan fingerprint density at radius 1 is 1.15 bits per heavy atom. The number of nitrogens with one attached hydrogen (secondary N) is 1. The average molecular weight is 366 g/mol. The Balaban J connectivity index is 1.25. The lowest BCUT2D eigenvalue weighted by atomic mass is 10.0. The second-order valence-electron chi connectivity index (χ2n) is 7.73. The van der Waals surface area contributed by atoms with Crippen molar-refractivity contribution in [2.75, 3.05) is 0 Å². The first-order valence-electron chi connectivity index (χ1n) is 9.70. The number of carboxylic acids is 1. The van der Waals surface area contributed by atoms with E-state index < -0.39 is 5.97 Å². The van der Waals surface area contributed by atoms with Gasteiger partial charge in [0.1, 0.15) is 0 Å². The van der Waals surface area contributed by atoms with Crippen LogP contribution in [0.5, 0.6) is 0 Å². The first-order valence-corrected chi connectivity index (χ1v) is 9.70. The number of aryl methyl sites for hydroxylation is 2. The lowest BCUT2D eigenvalue weighted by molar-refractivity contribution is 0.0690. The van der Waals surface area contributed by atoms with Crippen molar-refractivity contribution in [3.05, 3.63) is 34.9 Å². The fourth-order valence-electron chi connectivity index (χ4n) is 3.78. The highest BCUT2D eigenvalue weighted by atomic mass is 16.4. The monoisotopic (exact) mass is 366 g/mol. The normalized spacial score (nSPS) is 16.9. The Morgan fingerprint density at radius 2 is 1.96 bits per heavy atom. The predicted octanol–water partition coefficient (Wildman–Crippen LogP) is 3.03. The van der Waals surface area contributed by atoms with Gasteiger partial charge in [-0.1, -0.05) is 5.21 Å². The van der Waals surface area contributed by atoms with E-state index >= 15 is 0 Å². The maximum absolute atomic E-state index is 10.8. The van der Waals surface area contributed by atoms with Gasteiger partial charge in [-0.15, -0.1) is 10.2 Å². The summed E-state index contributed by atoms with van der Waals surface area (Å²) in [6.45, 7) is 0.652. The van der Waals surface area contributed by atoms with Crippen LogP contribution in [0.2, 0.25) is 0 Å². The molecule has 2 N–H and O–H groups in total. The molecule has 2 aliphatic carbocycles. The number of H-pyrrole nitrogens is 1. The Hall–Kier alpha value is -2.77. The molecule has 0 spiro atoms. The van der Waals surface area contributed by atoms with E-state index in [2.05, 4.69) is 31.6 Å². The lowest BCUT2D eigenvalue weighted by Crippen LogP contribution is -2.01. The van der Waals surface area contributed by atoms with Gasteiger partial charge in [0.15, 0.2) is 11.3 Å². The van der Waals surface area contributed by atoms with Gasteiger partial charge >= 0.3 is 5.97 Å². The summed E-state index contributed by atoms with van der Waals surface area (Å²) in [6, 6.07) is 2.22. The summed E-state index contributed by atoms with van der Waals surface area (Å²) in [5, 5.41) is 26.5. The summed E-state index contributed by atoms with van der Waals surface area (Å²) in [5.41, 5.74) is 4.87. The number of hydrogen-bond donors (Lipinski definition) is 2. The molecule has 5 rings (SSSR count). The van der Waals surface area contributed by atoms with Gasteiger partial charge in [-0.2, -0.15) is 5.10 Å². The first-order chi connectivity index (χ1) is 13.2. The van der Waals surface area contributed by atoms with Crippen LogP contribution in [0.25, 0.3) is 11.0 Å². The van der Waals surface area contributed by atoms with Crippen molar-refractivity contribution < 1.29 is 9.90 Å². The molecule has 2 saturated carbocycles. The molecule has 0 atom stereocenters. The van der Waals surface area contributed by atoms with Gasteiger partial charge in [-0.05, 0) is 68.4 Å². The molecule has 0 bridgehead atoms. The summed E-state index contributed by atoms with van der Waals surface area (Å²) < 4.78 is 1.58. The minimum absolute atomic E-state index is 0.0159. The van der Waals surface area contributed by atoms with Crippen LogP contribution >= 0.6 is 0 Å². The molecule has 3 aromatic rings. The average Bonchev–Trinajstić information content (AvgIpc) is 3.59. The molecule has 0 saturated heterocycles. The second kappa shape index (κ2) is 6.44. The highest BCUT2D eigenvalue weighted by molar-refractivity contribution is 5.84. The Labute approximate surface area is 156 Å². The third-order valence-electron chi connectivity index (χ3n) is 5.48. The zero-order chi connectivity index (χ0) is 18.4. The van der Waals surface area contributed by atoms with Crippen LogP contribution < -0.4 is 0 Å². The molecular formula is C19H22N6O2. The zero-order valence-corrected chi connectivity index (χ0v) is 15.1. The van der Waals surface area contributed by atoms with E-state index in [1.54, 1.807) is 4.68 Å². The summed E-state index contributed by atoms with van der Waals surface area (Å²) in [7, 11) is 0. The molecule has 27 heavy (non-hydrogen) atoms. The number of aromatic amines is 1. The Morgan fingerprint density at radius 3 is 2.67 bits per heavy atom. The van der Waals surface area contributed by atoms with Crippen LogP contribution in [0.15, 0.2) is 12.3 Å². The van der Waals surface area contributed by atoms with Crippen LogP contribution in [0.4, 0.5) is 0 Å². The van der Waals surface area contributed by atoms with Crippen molar-refractivity contribution in [3.63, 3.8) is 0 Å². The minimum atomic E-state index is -1.05. The van der Waals surface area contributed by atoms with E-state index in [1.807, 2.05) is 0 Å². The summed E-state index contributed by atoms with van der Waals surface area (Å²) in [6.07, 6.45) is 9.32. The van der Waals surface area contributed by atoms with Crippen LogP contribution in [0.3, 0.4) is 0 Å². The number of fused-ring (bicyclic) bond motifs is 1. The SMILES string of the molecule is O=C(O)c1cn(CCCCc2cc3c(C4CC4)c(C4CC4)[nH]c3nn2)nn1. The minimum Gasteiger partial charge on any atom is -0.476 e. The molecule has 3 aromatic heterocycles. The fraction of sp³-hybridized carbons (Fsp3) is 0.526. The predicted molar refractivity (Wildman–Crippen MR) is 97.8 cm³/mol. The number of unbranched alkanes of at least 4 members (excludes halogenated alkanes) is 1. The van der Waals surface area contributed by atoms with Gasteiger partial charge in [0.05, 0.1) is 11.9 Å². The Kier molecular flexibility index (Phi) is 3.91. The highest BCUT2D eigenvalue weighted by Gasteiger charge is 2.36. The summed E-state index contributed by atoms with van der Waals surface area (Å²) >= 11 is 0. The largest absolute Gasteiger partial charge is 0.476 e. The van der Waals surface area contributed by atoms with Crippen LogP contribution in [0, 0.1) is 0 Å². The van der Waals surface area contributed by atoms with Crippen LogP contribution in [-0.2, 0) is 13.0 Å². The van der Waals surface area contributed by atoms with Gasteiger partial charge in [-0.25, -0.2) is 4.79 Å². The van der Waals surface area contributed by atoms with E-state index in [0.29, 0.717) is 18.4 Å². The molecule has 8 heteroatoms. The summed E-state index contributed by atoms with van der Waals surface area (Å²) in [4.78, 5) is 14.4. The third kappa shape index (κ3) is 3.31. The third-order valence-corrected chi connectivity index (χ3v) is 5.48. The molecule has 0 aromatic carbocycles. The highest BCUT2D eigenvalue weighted by Crippen LogP contribution is 2.51. The van der Waals surface area contributed by atoms with E-state index in [0.717, 1.165) is 30.6 Å². The topological polar surface area (TPSA) is 110 Å². The Bertz CT molecular complexity index is 999. The molecule has 0 unspecified atom stereocenters. The lowest BCUT2D eigenvalue weighted by Gasteiger charge is -2.03. The van der Waals surface area contributed by atoms with E-state index in [-0.39, 0.29) is 5.69 Å². The molecule has 3 heterocycles. The molecule has 140 valence electrons. The summed E-state index contributed by atoms with van der Waals surface area (Å²) in [5.74, 6) is 0.368. The second-order valence-corrected chi connectivity index (χ2v) is 7.73. The van der Waals surface area contributed by atoms with Crippen molar-refractivity contribution in [1.29, 1.82) is 0 Å². The molecule has 2 fully saturated rings. The van der Waals surface area contributed by atoms with Gasteiger partial charge < -0.3 is 10.1 Å². The van der Waals surface area contributed by atoms with Gasteiger partial charge in [0.2, 0.25) is 0 Å². The maximum atomic E-state index is 10.8. The van der Waals surface area contributed by atoms with Gasteiger partial charge in [-0.3, -0.25) is 4.68 Å². The maximum Gasteiger partial charge on any atom is 0.358 e. The standard InChI is InChI=1S/C19H22N6O2/c26-19(27)15-10-25(24-22-15)8-2-1-3-13-9-14-16(11-4-5-11)17(12-6-7-12)20-18(14)23-21-13/h9-12H,1-8H2,(H,20,23)(H,26,27).